The summed E-state index contributed by atoms with van der Waals surface area (Å²) in [5.74, 6) is -2.29. The Kier molecular flexibility index (Phi) is 12.5. The minimum absolute atomic E-state index is 0.0283. The van der Waals surface area contributed by atoms with E-state index in [9.17, 15) is 30.0 Å². The fourth-order valence-corrected chi connectivity index (χ4v) is 5.37. The Morgan fingerprint density at radius 2 is 1.95 bits per heavy atom. The van der Waals surface area contributed by atoms with Crippen LogP contribution < -0.4 is 0 Å². The van der Waals surface area contributed by atoms with Gasteiger partial charge in [0.1, 0.15) is 29.8 Å². The average molecular weight is 614 g/mol. The lowest BCUT2D eigenvalue weighted by Crippen LogP contribution is -2.40. The van der Waals surface area contributed by atoms with Gasteiger partial charge in [0, 0.05) is 37.7 Å². The van der Waals surface area contributed by atoms with Gasteiger partial charge in [0.05, 0.1) is 18.3 Å². The molecule has 242 valence electrons. The zero-order valence-electron chi connectivity index (χ0n) is 26.4. The van der Waals surface area contributed by atoms with Gasteiger partial charge in [0.25, 0.3) is 0 Å². The number of epoxide rings is 1. The zero-order valence-corrected chi connectivity index (χ0v) is 26.4. The van der Waals surface area contributed by atoms with Gasteiger partial charge in [-0.3, -0.25) is 4.79 Å². The van der Waals surface area contributed by atoms with Crippen molar-refractivity contribution >= 4 is 18.0 Å². The number of hydrogen-bond donors (Lipinski definition) is 4. The molecule has 2 aliphatic heterocycles. The molecule has 4 N–H and O–H groups in total. The van der Waals surface area contributed by atoms with Gasteiger partial charge in [0.15, 0.2) is 5.89 Å². The van der Waals surface area contributed by atoms with Gasteiger partial charge in [-0.15, -0.1) is 0 Å². The van der Waals surface area contributed by atoms with E-state index >= 15 is 0 Å². The minimum atomic E-state index is -1.00. The van der Waals surface area contributed by atoms with E-state index in [0.717, 1.165) is 5.57 Å². The molecule has 3 heterocycles. The molecule has 0 saturated carbocycles. The quantitative estimate of drug-likeness (QED) is 0.140. The van der Waals surface area contributed by atoms with Crippen LogP contribution >= 0.6 is 0 Å². The van der Waals surface area contributed by atoms with Crippen LogP contribution in [0.4, 0.5) is 0 Å². The maximum Gasteiger partial charge on any atom is 0.330 e. The summed E-state index contributed by atoms with van der Waals surface area (Å²) in [4.78, 5) is 28.5. The molecule has 0 spiro atoms. The molecule has 10 heteroatoms. The summed E-state index contributed by atoms with van der Waals surface area (Å²) in [6, 6.07) is 0. The highest BCUT2D eigenvalue weighted by Gasteiger charge is 2.56. The fourth-order valence-electron chi connectivity index (χ4n) is 5.37. The SMILES string of the molecule is CC(/C=C/C=C(\C)[C@H](O)[C@@H](C)[C@@H]1C[C@H](O)[C@@]2(C)O[C@@H]2/C=C\[C@@H](C)[C@H](O)C[C@H](CC(=O)O)C/C=C\C(=O)O1)=C\c1coc(C)n1. The van der Waals surface area contributed by atoms with Gasteiger partial charge in [0.2, 0.25) is 0 Å². The number of aliphatic carboxylic acids is 1. The summed E-state index contributed by atoms with van der Waals surface area (Å²) in [5.41, 5.74) is 1.37. The number of hydrogen-bond acceptors (Lipinski definition) is 9. The molecule has 0 aromatic carbocycles. The molecule has 44 heavy (non-hydrogen) atoms. The van der Waals surface area contributed by atoms with Crippen LogP contribution in [0.2, 0.25) is 0 Å². The van der Waals surface area contributed by atoms with Gasteiger partial charge in [-0.2, -0.15) is 0 Å². The third-order valence-electron chi connectivity index (χ3n) is 8.51. The van der Waals surface area contributed by atoms with Crippen molar-refractivity contribution in [1.82, 2.24) is 4.98 Å². The number of carbonyl (C=O) groups excluding carboxylic acids is 1. The monoisotopic (exact) mass is 613 g/mol. The average Bonchev–Trinajstić information content (AvgIpc) is 3.45. The van der Waals surface area contributed by atoms with Gasteiger partial charge in [-0.25, -0.2) is 9.78 Å². The van der Waals surface area contributed by atoms with Crippen molar-refractivity contribution in [1.29, 1.82) is 0 Å². The number of fused-ring (bicyclic) bond motifs is 1. The largest absolute Gasteiger partial charge is 0.481 e. The van der Waals surface area contributed by atoms with E-state index in [1.165, 1.54) is 6.08 Å². The van der Waals surface area contributed by atoms with Crippen LogP contribution in [0, 0.1) is 24.7 Å². The van der Waals surface area contributed by atoms with Crippen LogP contribution in [-0.2, 0) is 19.1 Å². The highest BCUT2D eigenvalue weighted by Crippen LogP contribution is 2.43. The second-order valence-electron chi connectivity index (χ2n) is 12.4. The lowest BCUT2D eigenvalue weighted by molar-refractivity contribution is -0.150. The van der Waals surface area contributed by atoms with E-state index in [1.54, 1.807) is 52.2 Å². The summed E-state index contributed by atoms with van der Waals surface area (Å²) in [6.07, 6.45) is 11.7. The van der Waals surface area contributed by atoms with E-state index in [2.05, 4.69) is 4.98 Å². The molecule has 10 nitrogen and oxygen atoms in total. The second-order valence-corrected chi connectivity index (χ2v) is 12.4. The zero-order chi connectivity index (χ0) is 32.6. The van der Waals surface area contributed by atoms with Crippen molar-refractivity contribution in [3.05, 3.63) is 71.5 Å². The van der Waals surface area contributed by atoms with Crippen molar-refractivity contribution < 1.29 is 43.9 Å². The predicted molar refractivity (Wildman–Crippen MR) is 165 cm³/mol. The first-order chi connectivity index (χ1) is 20.7. The van der Waals surface area contributed by atoms with Crippen molar-refractivity contribution in [2.24, 2.45) is 17.8 Å². The Balaban J connectivity index is 1.78. The number of aryl methyl sites for hydroxylation is 1. The molecule has 0 aliphatic carbocycles. The van der Waals surface area contributed by atoms with Crippen LogP contribution in [0.15, 0.2) is 64.4 Å². The van der Waals surface area contributed by atoms with Crippen molar-refractivity contribution in [2.45, 2.75) is 103 Å². The number of aliphatic hydroxyl groups is 3. The van der Waals surface area contributed by atoms with E-state index < -0.39 is 54.0 Å². The molecule has 3 rings (SSSR count). The summed E-state index contributed by atoms with van der Waals surface area (Å²) in [6.45, 7) is 10.8. The number of carboxylic acids is 1. The summed E-state index contributed by atoms with van der Waals surface area (Å²) in [7, 11) is 0. The second kappa shape index (κ2) is 15.6. The number of carbonyl (C=O) groups is 2. The number of rotatable bonds is 8. The number of oxazole rings is 1. The Morgan fingerprint density at radius 3 is 2.61 bits per heavy atom. The number of allylic oxidation sites excluding steroid dienone is 5. The number of ether oxygens (including phenoxy) is 2. The Bertz CT molecular complexity index is 1290. The first kappa shape index (κ1) is 35.2. The maximum atomic E-state index is 12.9. The first-order valence-electron chi connectivity index (χ1n) is 15.1. The molecular weight excluding hydrogens is 566 g/mol. The van der Waals surface area contributed by atoms with E-state index in [0.29, 0.717) is 17.2 Å². The molecule has 1 fully saturated rings. The standard InChI is InChI=1S/C34H47NO9/c1-20(15-26-19-42-24(5)35-26)9-7-10-22(3)33(41)23(4)28-18-29(37)34(6)30(44-34)14-13-21(2)27(36)16-25(17-31(38)39)11-8-12-32(40)43-28/h7-10,12-15,19,21,23,25,27-30,33,36-37,41H,11,16-18H2,1-6H3,(H,38,39)/b9-7+,12-8-,14-13-,20-15+,22-10+/t21-,23+,25-,27-,28+,29+,30-,33+,34-/m1/s1. The molecule has 1 aromatic heterocycles. The Morgan fingerprint density at radius 1 is 1.23 bits per heavy atom. The van der Waals surface area contributed by atoms with Crippen molar-refractivity contribution in [3.8, 4) is 0 Å². The number of carboxylic acid groups (broad SMARTS) is 1. The first-order valence-corrected chi connectivity index (χ1v) is 15.1. The van der Waals surface area contributed by atoms with Crippen molar-refractivity contribution in [2.75, 3.05) is 0 Å². The topological polar surface area (TPSA) is 163 Å². The maximum absolute atomic E-state index is 12.9. The predicted octanol–water partition coefficient (Wildman–Crippen LogP) is 4.70. The summed E-state index contributed by atoms with van der Waals surface area (Å²) >= 11 is 0. The molecule has 1 aromatic rings. The molecule has 0 amide bonds. The number of cyclic esters (lactones) is 1. The fraction of sp³-hybridized carbons (Fsp3) is 0.559. The summed E-state index contributed by atoms with van der Waals surface area (Å²) < 4.78 is 16.8. The van der Waals surface area contributed by atoms with Gasteiger partial charge in [-0.1, -0.05) is 50.3 Å². The van der Waals surface area contributed by atoms with Crippen LogP contribution in [0.3, 0.4) is 0 Å². The highest BCUT2D eigenvalue weighted by atomic mass is 16.6. The smallest absolute Gasteiger partial charge is 0.330 e. The van der Waals surface area contributed by atoms with Crippen LogP contribution in [-0.4, -0.2) is 73.5 Å². The van der Waals surface area contributed by atoms with E-state index in [1.807, 2.05) is 38.2 Å². The summed E-state index contributed by atoms with van der Waals surface area (Å²) in [5, 5.41) is 42.4. The van der Waals surface area contributed by atoms with Gasteiger partial charge >= 0.3 is 11.9 Å². The van der Waals surface area contributed by atoms with Gasteiger partial charge in [-0.05, 0) is 56.8 Å². The molecule has 2 aliphatic rings. The van der Waals surface area contributed by atoms with Crippen LogP contribution in [0.25, 0.3) is 6.08 Å². The number of esters is 1. The highest BCUT2D eigenvalue weighted by molar-refractivity contribution is 5.82. The lowest BCUT2D eigenvalue weighted by Gasteiger charge is -2.30. The Labute approximate surface area is 259 Å². The molecule has 0 unspecified atom stereocenters. The number of aromatic nitrogens is 1. The molecule has 0 bridgehead atoms. The lowest BCUT2D eigenvalue weighted by atomic mass is 9.86. The van der Waals surface area contributed by atoms with E-state index in [4.69, 9.17) is 13.9 Å². The molecule has 0 radical (unpaired) electrons. The third kappa shape index (κ3) is 10.1. The molecule has 9 atom stereocenters. The number of aliphatic hydroxyl groups excluding tert-OH is 3. The minimum Gasteiger partial charge on any atom is -0.481 e. The molecule has 1 saturated heterocycles. The van der Waals surface area contributed by atoms with E-state index in [-0.39, 0.29) is 37.5 Å². The third-order valence-corrected chi connectivity index (χ3v) is 8.51. The Hall–Kier alpha value is -3.31. The van der Waals surface area contributed by atoms with Crippen LogP contribution in [0.5, 0.6) is 0 Å². The normalized spacial score (nSPS) is 33.7. The molecular formula is C34H47NO9. The van der Waals surface area contributed by atoms with Crippen molar-refractivity contribution in [3.63, 3.8) is 0 Å². The van der Waals surface area contributed by atoms with Crippen LogP contribution in [0.1, 0.15) is 71.9 Å². The number of nitrogens with zero attached hydrogens (tertiary/aromatic N) is 1. The van der Waals surface area contributed by atoms with Gasteiger partial charge < -0.3 is 34.3 Å².